The third-order valence-electron chi connectivity index (χ3n) is 3.25. The highest BCUT2D eigenvalue weighted by Gasteiger charge is 2.15. The van der Waals surface area contributed by atoms with Gasteiger partial charge in [0.2, 0.25) is 0 Å². The Hall–Kier alpha value is -2.47. The molecule has 0 bridgehead atoms. The van der Waals surface area contributed by atoms with Gasteiger partial charge in [0.05, 0.1) is 19.3 Å². The molecule has 1 N–H and O–H groups in total. The van der Waals surface area contributed by atoms with Crippen LogP contribution >= 0.6 is 0 Å². The number of benzene rings is 1. The zero-order valence-electron chi connectivity index (χ0n) is 13.8. The van der Waals surface area contributed by atoms with Crippen LogP contribution in [0.15, 0.2) is 28.7 Å². The van der Waals surface area contributed by atoms with Crippen LogP contribution in [0.3, 0.4) is 0 Å². The molecule has 0 saturated carbocycles. The van der Waals surface area contributed by atoms with Gasteiger partial charge in [-0.2, -0.15) is 0 Å². The Balaban J connectivity index is 2.14. The van der Waals surface area contributed by atoms with Gasteiger partial charge in [0.1, 0.15) is 18.1 Å². The van der Waals surface area contributed by atoms with E-state index in [0.29, 0.717) is 47.5 Å². The van der Waals surface area contributed by atoms with Crippen LogP contribution < -0.4 is 14.8 Å². The standard InChI is InChI=1S/C17H21NO5/c1-11-9-14(12(2)23-11)17(19)18-13-5-6-15(21-4)16(10-13)22-8-7-20-3/h5-6,9-10H,7-8H2,1-4H3,(H,18,19). The van der Waals surface area contributed by atoms with Gasteiger partial charge < -0.3 is 23.9 Å². The summed E-state index contributed by atoms with van der Waals surface area (Å²) in [6, 6.07) is 6.92. The molecular formula is C17H21NO5. The summed E-state index contributed by atoms with van der Waals surface area (Å²) in [7, 11) is 3.17. The molecule has 124 valence electrons. The molecule has 0 aliphatic rings. The summed E-state index contributed by atoms with van der Waals surface area (Å²) in [4.78, 5) is 12.3. The molecule has 2 rings (SSSR count). The molecule has 1 heterocycles. The Morgan fingerprint density at radius 3 is 2.52 bits per heavy atom. The predicted octanol–water partition coefficient (Wildman–Crippen LogP) is 3.18. The van der Waals surface area contributed by atoms with Crippen LogP contribution in [0.1, 0.15) is 21.9 Å². The van der Waals surface area contributed by atoms with E-state index in [1.165, 1.54) is 0 Å². The first-order valence-electron chi connectivity index (χ1n) is 7.23. The Kier molecular flexibility index (Phi) is 5.65. The van der Waals surface area contributed by atoms with Crippen molar-refractivity contribution in [1.82, 2.24) is 0 Å². The predicted molar refractivity (Wildman–Crippen MR) is 86.5 cm³/mol. The lowest BCUT2D eigenvalue weighted by atomic mass is 10.2. The first-order chi connectivity index (χ1) is 11.0. The lowest BCUT2D eigenvalue weighted by molar-refractivity contribution is 0.102. The van der Waals surface area contributed by atoms with Gasteiger partial charge in [-0.3, -0.25) is 4.79 Å². The molecule has 1 aromatic heterocycles. The topological polar surface area (TPSA) is 69.9 Å². The second kappa shape index (κ2) is 7.69. The number of furan rings is 1. The van der Waals surface area contributed by atoms with Crippen molar-refractivity contribution < 1.29 is 23.4 Å². The summed E-state index contributed by atoms with van der Waals surface area (Å²) in [6.45, 7) is 4.42. The Morgan fingerprint density at radius 2 is 1.91 bits per heavy atom. The zero-order valence-corrected chi connectivity index (χ0v) is 13.8. The van der Waals surface area contributed by atoms with E-state index in [9.17, 15) is 4.79 Å². The second-order valence-corrected chi connectivity index (χ2v) is 4.99. The molecule has 6 nitrogen and oxygen atoms in total. The van der Waals surface area contributed by atoms with E-state index >= 15 is 0 Å². The molecule has 0 aliphatic carbocycles. The second-order valence-electron chi connectivity index (χ2n) is 4.99. The van der Waals surface area contributed by atoms with E-state index in [-0.39, 0.29) is 5.91 Å². The maximum absolute atomic E-state index is 12.3. The first-order valence-corrected chi connectivity index (χ1v) is 7.23. The molecule has 1 amide bonds. The van der Waals surface area contributed by atoms with Crippen molar-refractivity contribution in [1.29, 1.82) is 0 Å². The van der Waals surface area contributed by atoms with Crippen molar-refractivity contribution in [2.75, 3.05) is 32.8 Å². The van der Waals surface area contributed by atoms with E-state index in [0.717, 1.165) is 0 Å². The number of hydrogen-bond acceptors (Lipinski definition) is 5. The Morgan fingerprint density at radius 1 is 1.13 bits per heavy atom. The smallest absolute Gasteiger partial charge is 0.259 e. The molecule has 23 heavy (non-hydrogen) atoms. The van der Waals surface area contributed by atoms with Gasteiger partial charge in [-0.15, -0.1) is 0 Å². The van der Waals surface area contributed by atoms with Gasteiger partial charge in [-0.05, 0) is 32.0 Å². The van der Waals surface area contributed by atoms with Crippen molar-refractivity contribution in [3.05, 3.63) is 41.3 Å². The molecule has 0 spiro atoms. The number of ether oxygens (including phenoxy) is 3. The number of nitrogens with one attached hydrogen (secondary N) is 1. The SMILES string of the molecule is COCCOc1cc(NC(=O)c2cc(C)oc2C)ccc1OC. The summed E-state index contributed by atoms with van der Waals surface area (Å²) in [6.07, 6.45) is 0. The van der Waals surface area contributed by atoms with Gasteiger partial charge in [0, 0.05) is 18.9 Å². The minimum absolute atomic E-state index is 0.229. The molecule has 0 atom stereocenters. The summed E-state index contributed by atoms with van der Waals surface area (Å²) < 4.78 is 21.2. The monoisotopic (exact) mass is 319 g/mol. The fraction of sp³-hybridized carbons (Fsp3) is 0.353. The number of anilines is 1. The summed E-state index contributed by atoms with van der Waals surface area (Å²) in [5.74, 6) is 2.19. The first kappa shape index (κ1) is 16.9. The van der Waals surface area contributed by atoms with Crippen molar-refractivity contribution >= 4 is 11.6 Å². The third kappa shape index (κ3) is 4.26. The quantitative estimate of drug-likeness (QED) is 0.794. The highest BCUT2D eigenvalue weighted by Crippen LogP contribution is 2.30. The zero-order chi connectivity index (χ0) is 16.8. The van der Waals surface area contributed by atoms with Crippen LogP contribution in [0.5, 0.6) is 11.5 Å². The normalized spacial score (nSPS) is 10.4. The van der Waals surface area contributed by atoms with E-state index in [2.05, 4.69) is 5.32 Å². The minimum Gasteiger partial charge on any atom is -0.493 e. The molecular weight excluding hydrogens is 298 g/mol. The number of aryl methyl sites for hydroxylation is 2. The summed E-state index contributed by atoms with van der Waals surface area (Å²) >= 11 is 0. The lowest BCUT2D eigenvalue weighted by Gasteiger charge is -2.12. The fourth-order valence-corrected chi connectivity index (χ4v) is 2.16. The van der Waals surface area contributed by atoms with E-state index in [1.807, 2.05) is 0 Å². The van der Waals surface area contributed by atoms with Gasteiger partial charge in [0.15, 0.2) is 11.5 Å². The molecule has 0 fully saturated rings. The van der Waals surface area contributed by atoms with E-state index < -0.39 is 0 Å². The van der Waals surface area contributed by atoms with Crippen LogP contribution in [-0.4, -0.2) is 33.3 Å². The van der Waals surface area contributed by atoms with Crippen LogP contribution in [0.4, 0.5) is 5.69 Å². The van der Waals surface area contributed by atoms with E-state index in [1.54, 1.807) is 52.3 Å². The molecule has 0 radical (unpaired) electrons. The summed E-state index contributed by atoms with van der Waals surface area (Å²) in [5, 5.41) is 2.83. The van der Waals surface area contributed by atoms with E-state index in [4.69, 9.17) is 18.6 Å². The number of hydrogen-bond donors (Lipinski definition) is 1. The number of amides is 1. The Labute approximate surface area is 135 Å². The maximum atomic E-state index is 12.3. The lowest BCUT2D eigenvalue weighted by Crippen LogP contribution is -2.12. The number of methoxy groups -OCH3 is 2. The number of rotatable bonds is 7. The van der Waals surface area contributed by atoms with Gasteiger partial charge >= 0.3 is 0 Å². The van der Waals surface area contributed by atoms with Gasteiger partial charge in [-0.25, -0.2) is 0 Å². The molecule has 0 unspecified atom stereocenters. The molecule has 1 aromatic carbocycles. The average molecular weight is 319 g/mol. The molecule has 0 aliphatic heterocycles. The largest absolute Gasteiger partial charge is 0.493 e. The summed E-state index contributed by atoms with van der Waals surface area (Å²) in [5.41, 5.74) is 1.13. The number of carbonyl (C=O) groups is 1. The van der Waals surface area contributed by atoms with Crippen molar-refractivity contribution in [2.24, 2.45) is 0 Å². The molecule has 0 saturated heterocycles. The van der Waals surface area contributed by atoms with Crippen LogP contribution in [0.25, 0.3) is 0 Å². The van der Waals surface area contributed by atoms with Crippen LogP contribution in [-0.2, 0) is 4.74 Å². The van der Waals surface area contributed by atoms with Gasteiger partial charge in [-0.1, -0.05) is 0 Å². The van der Waals surface area contributed by atoms with Crippen molar-refractivity contribution in [2.45, 2.75) is 13.8 Å². The molecule has 2 aromatic rings. The average Bonchev–Trinajstić information content (AvgIpc) is 2.86. The molecule has 6 heteroatoms. The van der Waals surface area contributed by atoms with Crippen molar-refractivity contribution in [3.63, 3.8) is 0 Å². The Bertz CT molecular complexity index is 678. The van der Waals surface area contributed by atoms with Crippen LogP contribution in [0.2, 0.25) is 0 Å². The number of carbonyl (C=O) groups excluding carboxylic acids is 1. The highest BCUT2D eigenvalue weighted by atomic mass is 16.5. The maximum Gasteiger partial charge on any atom is 0.259 e. The fourth-order valence-electron chi connectivity index (χ4n) is 2.16. The van der Waals surface area contributed by atoms with Crippen molar-refractivity contribution in [3.8, 4) is 11.5 Å². The van der Waals surface area contributed by atoms with Crippen LogP contribution in [0, 0.1) is 13.8 Å². The highest BCUT2D eigenvalue weighted by molar-refractivity contribution is 6.05. The van der Waals surface area contributed by atoms with Gasteiger partial charge in [0.25, 0.3) is 5.91 Å². The third-order valence-corrected chi connectivity index (χ3v) is 3.25. The minimum atomic E-state index is -0.229.